The molecule has 2 aromatic rings. The van der Waals surface area contributed by atoms with Crippen LogP contribution in [0.4, 0.5) is 0 Å². The van der Waals surface area contributed by atoms with Crippen LogP contribution in [0.1, 0.15) is 18.6 Å². The Balaban J connectivity index is 1.83. The summed E-state index contributed by atoms with van der Waals surface area (Å²) in [5, 5.41) is 2.82. The van der Waals surface area contributed by atoms with Crippen LogP contribution in [0.5, 0.6) is 17.2 Å². The van der Waals surface area contributed by atoms with Gasteiger partial charge in [-0.3, -0.25) is 4.79 Å². The van der Waals surface area contributed by atoms with Crippen molar-refractivity contribution in [3.05, 3.63) is 54.1 Å². The first-order chi connectivity index (χ1) is 12.7. The average molecular weight is 359 g/mol. The summed E-state index contributed by atoms with van der Waals surface area (Å²) in [5.74, 6) is 1.87. The van der Waals surface area contributed by atoms with Crippen LogP contribution >= 0.6 is 0 Å². The molecule has 1 unspecified atom stereocenters. The van der Waals surface area contributed by atoms with Crippen molar-refractivity contribution in [1.29, 1.82) is 0 Å². The SMILES string of the molecule is CCOc1ccc(OCC(=O)NCC(OC)c2ccccc2OC)cc1. The maximum atomic E-state index is 12.0. The maximum Gasteiger partial charge on any atom is 0.258 e. The van der Waals surface area contributed by atoms with E-state index in [1.54, 1.807) is 38.5 Å². The molecule has 0 aliphatic carbocycles. The molecule has 0 spiro atoms. The molecule has 2 rings (SSSR count). The molecule has 140 valence electrons. The predicted octanol–water partition coefficient (Wildman–Crippen LogP) is 2.98. The van der Waals surface area contributed by atoms with Crippen molar-refractivity contribution >= 4 is 5.91 Å². The van der Waals surface area contributed by atoms with Crippen LogP contribution in [0.25, 0.3) is 0 Å². The van der Waals surface area contributed by atoms with E-state index in [0.717, 1.165) is 17.1 Å². The van der Waals surface area contributed by atoms with Gasteiger partial charge in [0.05, 0.1) is 13.7 Å². The molecule has 0 fully saturated rings. The van der Waals surface area contributed by atoms with Crippen LogP contribution in [0, 0.1) is 0 Å². The second-order valence-electron chi connectivity index (χ2n) is 5.46. The van der Waals surface area contributed by atoms with Gasteiger partial charge in [-0.1, -0.05) is 18.2 Å². The van der Waals surface area contributed by atoms with E-state index in [2.05, 4.69) is 5.32 Å². The second-order valence-corrected chi connectivity index (χ2v) is 5.46. The van der Waals surface area contributed by atoms with Gasteiger partial charge in [-0.25, -0.2) is 0 Å². The van der Waals surface area contributed by atoms with Gasteiger partial charge < -0.3 is 24.3 Å². The molecule has 0 saturated heterocycles. The minimum Gasteiger partial charge on any atom is -0.496 e. The molecule has 0 heterocycles. The Kier molecular flexibility index (Phi) is 7.76. The van der Waals surface area contributed by atoms with E-state index in [1.807, 2.05) is 31.2 Å². The van der Waals surface area contributed by atoms with Gasteiger partial charge in [0.15, 0.2) is 6.61 Å². The van der Waals surface area contributed by atoms with Gasteiger partial charge in [-0.05, 0) is 37.3 Å². The van der Waals surface area contributed by atoms with Crippen molar-refractivity contribution in [3.8, 4) is 17.2 Å². The zero-order valence-corrected chi connectivity index (χ0v) is 15.4. The van der Waals surface area contributed by atoms with Crippen LogP contribution in [0.15, 0.2) is 48.5 Å². The van der Waals surface area contributed by atoms with Crippen molar-refractivity contribution in [2.45, 2.75) is 13.0 Å². The Morgan fingerprint density at radius 1 is 1.00 bits per heavy atom. The van der Waals surface area contributed by atoms with E-state index in [9.17, 15) is 4.79 Å². The fraction of sp³-hybridized carbons (Fsp3) is 0.350. The zero-order valence-electron chi connectivity index (χ0n) is 15.4. The number of methoxy groups -OCH3 is 2. The number of nitrogens with one attached hydrogen (secondary N) is 1. The largest absolute Gasteiger partial charge is 0.496 e. The molecule has 0 saturated carbocycles. The van der Waals surface area contributed by atoms with Gasteiger partial charge in [0, 0.05) is 19.2 Å². The van der Waals surface area contributed by atoms with Gasteiger partial charge >= 0.3 is 0 Å². The molecule has 0 aromatic heterocycles. The summed E-state index contributed by atoms with van der Waals surface area (Å²) in [4.78, 5) is 12.0. The Labute approximate surface area is 154 Å². The van der Waals surface area contributed by atoms with Gasteiger partial charge in [0.1, 0.15) is 23.4 Å². The lowest BCUT2D eigenvalue weighted by Crippen LogP contribution is -2.33. The number of carbonyl (C=O) groups is 1. The molecule has 6 heteroatoms. The number of ether oxygens (including phenoxy) is 4. The van der Waals surface area contributed by atoms with E-state index in [-0.39, 0.29) is 18.6 Å². The highest BCUT2D eigenvalue weighted by Gasteiger charge is 2.16. The van der Waals surface area contributed by atoms with Crippen LogP contribution in [0.2, 0.25) is 0 Å². The summed E-state index contributed by atoms with van der Waals surface area (Å²) in [5.41, 5.74) is 0.880. The normalized spacial score (nSPS) is 11.5. The van der Waals surface area contributed by atoms with E-state index >= 15 is 0 Å². The molecular weight excluding hydrogens is 334 g/mol. The van der Waals surface area contributed by atoms with Crippen LogP contribution < -0.4 is 19.5 Å². The van der Waals surface area contributed by atoms with Crippen molar-refractivity contribution in [3.63, 3.8) is 0 Å². The first-order valence-corrected chi connectivity index (χ1v) is 8.46. The van der Waals surface area contributed by atoms with Crippen LogP contribution in [-0.4, -0.2) is 39.9 Å². The van der Waals surface area contributed by atoms with Crippen LogP contribution in [-0.2, 0) is 9.53 Å². The molecule has 6 nitrogen and oxygen atoms in total. The Hall–Kier alpha value is -2.73. The summed E-state index contributed by atoms with van der Waals surface area (Å²) >= 11 is 0. The highest BCUT2D eigenvalue weighted by Crippen LogP contribution is 2.26. The third-order valence-corrected chi connectivity index (χ3v) is 3.76. The highest BCUT2D eigenvalue weighted by atomic mass is 16.5. The Morgan fingerprint density at radius 2 is 1.65 bits per heavy atom. The van der Waals surface area contributed by atoms with Crippen molar-refractivity contribution in [2.75, 3.05) is 34.0 Å². The monoisotopic (exact) mass is 359 g/mol. The van der Waals surface area contributed by atoms with Crippen LogP contribution in [0.3, 0.4) is 0 Å². The molecule has 0 aliphatic heterocycles. The van der Waals surface area contributed by atoms with E-state index in [1.165, 1.54) is 0 Å². The summed E-state index contributed by atoms with van der Waals surface area (Å²) in [6.07, 6.45) is -0.305. The standard InChI is InChI=1S/C20H25NO5/c1-4-25-15-9-11-16(12-10-15)26-14-20(22)21-13-19(24-3)17-7-5-6-8-18(17)23-2/h5-12,19H,4,13-14H2,1-3H3,(H,21,22). The smallest absolute Gasteiger partial charge is 0.258 e. The van der Waals surface area contributed by atoms with E-state index in [4.69, 9.17) is 18.9 Å². The summed E-state index contributed by atoms with van der Waals surface area (Å²) in [6, 6.07) is 14.7. The number of hydrogen-bond acceptors (Lipinski definition) is 5. The number of para-hydroxylation sites is 1. The number of hydrogen-bond donors (Lipinski definition) is 1. The third-order valence-electron chi connectivity index (χ3n) is 3.76. The van der Waals surface area contributed by atoms with E-state index in [0.29, 0.717) is 18.9 Å². The molecule has 1 N–H and O–H groups in total. The second kappa shape index (κ2) is 10.3. The fourth-order valence-corrected chi connectivity index (χ4v) is 2.46. The number of rotatable bonds is 10. The molecule has 0 aliphatic rings. The lowest BCUT2D eigenvalue weighted by atomic mass is 10.1. The number of amides is 1. The molecule has 26 heavy (non-hydrogen) atoms. The van der Waals surface area contributed by atoms with Gasteiger partial charge in [-0.15, -0.1) is 0 Å². The third kappa shape index (κ3) is 5.67. The molecule has 1 atom stereocenters. The molecule has 2 aromatic carbocycles. The predicted molar refractivity (Wildman–Crippen MR) is 98.9 cm³/mol. The lowest BCUT2D eigenvalue weighted by molar-refractivity contribution is -0.123. The van der Waals surface area contributed by atoms with Crippen molar-refractivity contribution in [1.82, 2.24) is 5.32 Å². The minimum atomic E-state index is -0.305. The molecule has 0 bridgehead atoms. The van der Waals surface area contributed by atoms with Crippen molar-refractivity contribution in [2.24, 2.45) is 0 Å². The topological polar surface area (TPSA) is 66.0 Å². The first kappa shape index (κ1) is 19.6. The highest BCUT2D eigenvalue weighted by molar-refractivity contribution is 5.77. The number of carbonyl (C=O) groups excluding carboxylic acids is 1. The fourth-order valence-electron chi connectivity index (χ4n) is 2.46. The van der Waals surface area contributed by atoms with Gasteiger partial charge in [0.2, 0.25) is 0 Å². The molecule has 1 amide bonds. The number of benzene rings is 2. The quantitative estimate of drug-likeness (QED) is 0.706. The molecular formula is C20H25NO5. The van der Waals surface area contributed by atoms with Gasteiger partial charge in [0.25, 0.3) is 5.91 Å². The van der Waals surface area contributed by atoms with E-state index < -0.39 is 0 Å². The Bertz CT molecular complexity index is 687. The summed E-state index contributed by atoms with van der Waals surface area (Å²) in [6.45, 7) is 2.78. The first-order valence-electron chi connectivity index (χ1n) is 8.46. The average Bonchev–Trinajstić information content (AvgIpc) is 2.68. The van der Waals surface area contributed by atoms with Gasteiger partial charge in [-0.2, -0.15) is 0 Å². The molecule has 0 radical (unpaired) electrons. The van der Waals surface area contributed by atoms with Crippen molar-refractivity contribution < 1.29 is 23.7 Å². The lowest BCUT2D eigenvalue weighted by Gasteiger charge is -2.19. The zero-order chi connectivity index (χ0) is 18.8. The minimum absolute atomic E-state index is 0.0731. The maximum absolute atomic E-state index is 12.0. The Morgan fingerprint density at radius 3 is 2.27 bits per heavy atom. The summed E-state index contributed by atoms with van der Waals surface area (Å²) in [7, 11) is 3.20. The summed E-state index contributed by atoms with van der Waals surface area (Å²) < 4.78 is 21.7.